The van der Waals surface area contributed by atoms with Gasteiger partial charge >= 0.3 is 0 Å². The van der Waals surface area contributed by atoms with E-state index in [2.05, 4.69) is 31.1 Å². The summed E-state index contributed by atoms with van der Waals surface area (Å²) in [5, 5.41) is 13.1. The molecule has 1 saturated carbocycles. The van der Waals surface area contributed by atoms with Gasteiger partial charge in [0.1, 0.15) is 0 Å². The molecule has 1 fully saturated rings. The van der Waals surface area contributed by atoms with Gasteiger partial charge in [-0.25, -0.2) is 4.98 Å². The first-order valence-corrected chi connectivity index (χ1v) is 7.87. The fraction of sp³-hybridized carbons (Fsp3) is 0.647. The zero-order valence-corrected chi connectivity index (χ0v) is 13.8. The molecule has 5 nitrogen and oxygen atoms in total. The van der Waals surface area contributed by atoms with E-state index in [9.17, 15) is 9.90 Å². The first-order valence-electron chi connectivity index (χ1n) is 7.87. The van der Waals surface area contributed by atoms with Crippen molar-refractivity contribution in [1.82, 2.24) is 10.3 Å². The van der Waals surface area contributed by atoms with Crippen molar-refractivity contribution in [2.45, 2.75) is 52.5 Å². The summed E-state index contributed by atoms with van der Waals surface area (Å²) in [7, 11) is 1.45. The Labute approximate surface area is 132 Å². The maximum absolute atomic E-state index is 12.5. The molecule has 0 radical (unpaired) electrons. The molecular weight excluding hydrogens is 280 g/mol. The zero-order chi connectivity index (χ0) is 16.3. The minimum atomic E-state index is -0.342. The molecule has 2 N–H and O–H groups in total. The fourth-order valence-electron chi connectivity index (χ4n) is 3.20. The van der Waals surface area contributed by atoms with Crippen molar-refractivity contribution in [3.05, 3.63) is 18.0 Å². The first kappa shape index (κ1) is 16.6. The molecule has 0 spiro atoms. The van der Waals surface area contributed by atoms with Crippen LogP contribution in [0.5, 0.6) is 11.5 Å². The molecule has 5 heteroatoms. The van der Waals surface area contributed by atoms with Gasteiger partial charge in [-0.3, -0.25) is 4.79 Å². The highest BCUT2D eigenvalue weighted by Crippen LogP contribution is 2.36. The maximum atomic E-state index is 12.5. The van der Waals surface area contributed by atoms with Gasteiger partial charge < -0.3 is 15.2 Å². The molecule has 0 saturated heterocycles. The quantitative estimate of drug-likeness (QED) is 0.842. The van der Waals surface area contributed by atoms with Crippen LogP contribution in [-0.4, -0.2) is 29.1 Å². The number of nitrogens with one attached hydrogen (secondary N) is 1. The fourth-order valence-corrected chi connectivity index (χ4v) is 3.20. The normalized spacial score (nSPS) is 24.4. The van der Waals surface area contributed by atoms with E-state index >= 15 is 0 Å². The largest absolute Gasteiger partial charge is 0.503 e. The second-order valence-corrected chi connectivity index (χ2v) is 7.03. The van der Waals surface area contributed by atoms with Crippen molar-refractivity contribution in [1.29, 1.82) is 0 Å². The topological polar surface area (TPSA) is 71.5 Å². The summed E-state index contributed by atoms with van der Waals surface area (Å²) in [4.78, 5) is 16.5. The molecule has 1 aliphatic carbocycles. The third-order valence-electron chi connectivity index (χ3n) is 4.61. The minimum absolute atomic E-state index is 0.0219. The molecule has 1 aliphatic rings. The Morgan fingerprint density at radius 1 is 1.50 bits per heavy atom. The van der Waals surface area contributed by atoms with E-state index in [0.29, 0.717) is 5.92 Å². The zero-order valence-electron chi connectivity index (χ0n) is 13.8. The second-order valence-electron chi connectivity index (χ2n) is 7.03. The highest BCUT2D eigenvalue weighted by molar-refractivity contribution is 5.95. The molecule has 22 heavy (non-hydrogen) atoms. The standard InChI is InChI=1S/C17H26N2O3/c1-11-6-5-8-17(2,3)10-12(11)19-16(21)14-15(20)13(22-4)7-9-18-14/h7,9,11-12,20H,5-6,8,10H2,1-4H3,(H,19,21). The van der Waals surface area contributed by atoms with E-state index in [-0.39, 0.29) is 34.6 Å². The lowest BCUT2D eigenvalue weighted by atomic mass is 9.82. The lowest BCUT2D eigenvalue weighted by molar-refractivity contribution is 0.0902. The van der Waals surface area contributed by atoms with Crippen LogP contribution in [0.2, 0.25) is 0 Å². The molecule has 0 aliphatic heterocycles. The Balaban J connectivity index is 2.17. The van der Waals surface area contributed by atoms with Crippen molar-refractivity contribution in [3.63, 3.8) is 0 Å². The van der Waals surface area contributed by atoms with Crippen LogP contribution in [0.15, 0.2) is 12.3 Å². The smallest absolute Gasteiger partial charge is 0.274 e. The van der Waals surface area contributed by atoms with Gasteiger partial charge in [0.2, 0.25) is 0 Å². The summed E-state index contributed by atoms with van der Waals surface area (Å²) < 4.78 is 5.03. The monoisotopic (exact) mass is 306 g/mol. The number of hydrogen-bond donors (Lipinski definition) is 2. The number of hydrogen-bond acceptors (Lipinski definition) is 4. The predicted octanol–water partition coefficient (Wildman–Crippen LogP) is 3.13. The Morgan fingerprint density at radius 3 is 2.91 bits per heavy atom. The van der Waals surface area contributed by atoms with Crippen LogP contribution in [0.3, 0.4) is 0 Å². The molecule has 2 unspecified atom stereocenters. The number of aromatic nitrogens is 1. The highest BCUT2D eigenvalue weighted by Gasteiger charge is 2.32. The van der Waals surface area contributed by atoms with Crippen LogP contribution in [0, 0.1) is 11.3 Å². The average molecular weight is 306 g/mol. The molecule has 1 aromatic rings. The van der Waals surface area contributed by atoms with Crippen LogP contribution >= 0.6 is 0 Å². The number of amides is 1. The van der Waals surface area contributed by atoms with Crippen LogP contribution in [0.25, 0.3) is 0 Å². The average Bonchev–Trinajstić information content (AvgIpc) is 2.57. The van der Waals surface area contributed by atoms with Gasteiger partial charge in [-0.2, -0.15) is 0 Å². The molecule has 122 valence electrons. The molecule has 0 aromatic carbocycles. The second kappa shape index (κ2) is 6.55. The summed E-state index contributed by atoms with van der Waals surface area (Å²) in [5.74, 6) is 0.127. The van der Waals surface area contributed by atoms with Crippen molar-refractivity contribution < 1.29 is 14.6 Å². The number of rotatable bonds is 3. The van der Waals surface area contributed by atoms with Gasteiger partial charge in [-0.15, -0.1) is 0 Å². The summed E-state index contributed by atoms with van der Waals surface area (Å²) in [5.41, 5.74) is 0.237. The Kier molecular flexibility index (Phi) is 4.94. The number of methoxy groups -OCH3 is 1. The predicted molar refractivity (Wildman–Crippen MR) is 85.1 cm³/mol. The number of aromatic hydroxyl groups is 1. The van der Waals surface area contributed by atoms with Crippen molar-refractivity contribution in [3.8, 4) is 11.5 Å². The third-order valence-corrected chi connectivity index (χ3v) is 4.61. The van der Waals surface area contributed by atoms with Gasteiger partial charge in [0, 0.05) is 18.3 Å². The molecule has 2 rings (SSSR count). The molecule has 1 amide bonds. The van der Waals surface area contributed by atoms with Crippen molar-refractivity contribution >= 4 is 5.91 Å². The lowest BCUT2D eigenvalue weighted by Gasteiger charge is -2.29. The number of ether oxygens (including phenoxy) is 1. The van der Waals surface area contributed by atoms with E-state index < -0.39 is 0 Å². The van der Waals surface area contributed by atoms with Gasteiger partial charge in [-0.1, -0.05) is 27.2 Å². The van der Waals surface area contributed by atoms with Crippen molar-refractivity contribution in [2.75, 3.05) is 7.11 Å². The Hall–Kier alpha value is -1.78. The molecule has 0 bridgehead atoms. The summed E-state index contributed by atoms with van der Waals surface area (Å²) in [6, 6.07) is 1.63. The minimum Gasteiger partial charge on any atom is -0.503 e. The maximum Gasteiger partial charge on any atom is 0.274 e. The number of carbonyl (C=O) groups excluding carboxylic acids is 1. The highest BCUT2D eigenvalue weighted by atomic mass is 16.5. The van der Waals surface area contributed by atoms with E-state index in [0.717, 1.165) is 12.8 Å². The van der Waals surface area contributed by atoms with Crippen LogP contribution in [0.1, 0.15) is 56.9 Å². The van der Waals surface area contributed by atoms with Crippen LogP contribution in [-0.2, 0) is 0 Å². The number of pyridine rings is 1. The SMILES string of the molecule is COc1ccnc(C(=O)NC2CC(C)(C)CCCC2C)c1O. The van der Waals surface area contributed by atoms with E-state index in [1.807, 2.05) is 0 Å². The van der Waals surface area contributed by atoms with Gasteiger partial charge in [0.05, 0.1) is 7.11 Å². The summed E-state index contributed by atoms with van der Waals surface area (Å²) in [6.07, 6.45) is 5.86. The molecule has 2 atom stereocenters. The van der Waals surface area contributed by atoms with Crippen LogP contribution in [0.4, 0.5) is 0 Å². The summed E-state index contributed by atoms with van der Waals surface area (Å²) >= 11 is 0. The Bertz CT molecular complexity index is 543. The lowest BCUT2D eigenvalue weighted by Crippen LogP contribution is -2.41. The van der Waals surface area contributed by atoms with E-state index in [1.165, 1.54) is 32.2 Å². The molecular formula is C17H26N2O3. The first-order chi connectivity index (χ1) is 10.3. The van der Waals surface area contributed by atoms with E-state index in [4.69, 9.17) is 4.74 Å². The van der Waals surface area contributed by atoms with Crippen LogP contribution < -0.4 is 10.1 Å². The molecule has 1 heterocycles. The third kappa shape index (κ3) is 3.70. The number of nitrogens with zero attached hydrogens (tertiary/aromatic N) is 1. The van der Waals surface area contributed by atoms with Gasteiger partial charge in [-0.05, 0) is 30.6 Å². The molecule has 1 aromatic heterocycles. The number of carbonyl (C=O) groups is 1. The van der Waals surface area contributed by atoms with Gasteiger partial charge in [0.15, 0.2) is 17.2 Å². The van der Waals surface area contributed by atoms with Crippen molar-refractivity contribution in [2.24, 2.45) is 11.3 Å². The van der Waals surface area contributed by atoms with Gasteiger partial charge in [0.25, 0.3) is 5.91 Å². The Morgan fingerprint density at radius 2 is 2.23 bits per heavy atom. The van der Waals surface area contributed by atoms with E-state index in [1.54, 1.807) is 0 Å². The summed E-state index contributed by atoms with van der Waals surface area (Å²) in [6.45, 7) is 6.65.